The molecule has 1 aromatic carbocycles. The van der Waals surface area contributed by atoms with Crippen LogP contribution in [0.15, 0.2) is 24.3 Å². The maximum Gasteiger partial charge on any atom is 0.228 e. The Bertz CT molecular complexity index is 459. The molecule has 114 valence electrons. The fraction of sp³-hybridized carbons (Fsp3) is 0.588. The first-order valence-electron chi connectivity index (χ1n) is 8.19. The lowest BCUT2D eigenvalue weighted by Crippen LogP contribution is -2.37. The zero-order chi connectivity index (χ0) is 14.5. The number of nitrogens with one attached hydrogen (secondary N) is 2. The van der Waals surface area contributed by atoms with Crippen molar-refractivity contribution in [3.63, 3.8) is 0 Å². The Morgan fingerprint density at radius 1 is 1.10 bits per heavy atom. The van der Waals surface area contributed by atoms with Crippen LogP contribution in [0.1, 0.15) is 32.1 Å². The van der Waals surface area contributed by atoms with Crippen LogP contribution < -0.4 is 15.5 Å². The van der Waals surface area contributed by atoms with Gasteiger partial charge in [0.05, 0.1) is 5.92 Å². The molecular weight excluding hydrogens is 262 g/mol. The summed E-state index contributed by atoms with van der Waals surface area (Å²) in [5, 5.41) is 6.33. The molecule has 21 heavy (non-hydrogen) atoms. The second-order valence-electron chi connectivity index (χ2n) is 6.13. The van der Waals surface area contributed by atoms with Crippen molar-refractivity contribution < 1.29 is 4.79 Å². The smallest absolute Gasteiger partial charge is 0.228 e. The van der Waals surface area contributed by atoms with Crippen LogP contribution in [0, 0.1) is 5.92 Å². The van der Waals surface area contributed by atoms with Gasteiger partial charge in [-0.25, -0.2) is 0 Å². The van der Waals surface area contributed by atoms with E-state index in [1.165, 1.54) is 24.9 Å². The average Bonchev–Trinajstić information content (AvgIpc) is 2.57. The molecule has 2 fully saturated rings. The molecule has 0 aliphatic carbocycles. The molecule has 0 aromatic heterocycles. The molecule has 4 nitrogen and oxygen atoms in total. The van der Waals surface area contributed by atoms with Crippen LogP contribution in [-0.2, 0) is 4.79 Å². The Morgan fingerprint density at radius 2 is 1.86 bits per heavy atom. The molecule has 0 spiro atoms. The van der Waals surface area contributed by atoms with Gasteiger partial charge in [-0.05, 0) is 62.9 Å². The molecule has 2 aliphatic rings. The number of hydrogen-bond donors (Lipinski definition) is 2. The van der Waals surface area contributed by atoms with Crippen molar-refractivity contribution in [2.75, 3.05) is 36.4 Å². The Balaban J connectivity index is 1.57. The molecule has 1 aromatic rings. The van der Waals surface area contributed by atoms with Gasteiger partial charge >= 0.3 is 0 Å². The number of piperidine rings is 2. The SMILES string of the molecule is O=C(Nc1ccc(N2CCCCC2)cc1)[C@H]1CCCNC1. The van der Waals surface area contributed by atoms with E-state index in [1.54, 1.807) is 0 Å². The Hall–Kier alpha value is -1.55. The van der Waals surface area contributed by atoms with E-state index in [0.717, 1.165) is 44.7 Å². The van der Waals surface area contributed by atoms with Gasteiger partial charge in [-0.1, -0.05) is 0 Å². The summed E-state index contributed by atoms with van der Waals surface area (Å²) >= 11 is 0. The number of carbonyl (C=O) groups is 1. The van der Waals surface area contributed by atoms with Gasteiger partial charge in [0.15, 0.2) is 0 Å². The number of rotatable bonds is 3. The lowest BCUT2D eigenvalue weighted by molar-refractivity contribution is -0.120. The molecule has 0 saturated carbocycles. The maximum atomic E-state index is 12.2. The number of hydrogen-bond acceptors (Lipinski definition) is 3. The summed E-state index contributed by atoms with van der Waals surface area (Å²) in [7, 11) is 0. The van der Waals surface area contributed by atoms with Crippen molar-refractivity contribution in [3.05, 3.63) is 24.3 Å². The van der Waals surface area contributed by atoms with Gasteiger partial charge < -0.3 is 15.5 Å². The van der Waals surface area contributed by atoms with E-state index in [-0.39, 0.29) is 11.8 Å². The zero-order valence-corrected chi connectivity index (χ0v) is 12.6. The third-order valence-electron chi connectivity index (χ3n) is 4.52. The van der Waals surface area contributed by atoms with Gasteiger partial charge in [-0.3, -0.25) is 4.79 Å². The second-order valence-corrected chi connectivity index (χ2v) is 6.13. The van der Waals surface area contributed by atoms with Crippen molar-refractivity contribution in [2.24, 2.45) is 5.92 Å². The van der Waals surface area contributed by atoms with Crippen molar-refractivity contribution in [3.8, 4) is 0 Å². The van der Waals surface area contributed by atoms with Crippen LogP contribution in [0.3, 0.4) is 0 Å². The highest BCUT2D eigenvalue weighted by Crippen LogP contribution is 2.22. The van der Waals surface area contributed by atoms with Gasteiger partial charge in [-0.15, -0.1) is 0 Å². The van der Waals surface area contributed by atoms with Crippen molar-refractivity contribution in [2.45, 2.75) is 32.1 Å². The summed E-state index contributed by atoms with van der Waals surface area (Å²) in [5.41, 5.74) is 2.18. The standard InChI is InChI=1S/C17H25N3O/c21-17(14-5-4-10-18-13-14)19-15-6-8-16(9-7-15)20-11-2-1-3-12-20/h6-9,14,18H,1-5,10-13H2,(H,19,21)/t14-/m0/s1. The van der Waals surface area contributed by atoms with Crippen LogP contribution in [0.5, 0.6) is 0 Å². The predicted octanol–water partition coefficient (Wildman–Crippen LogP) is 2.62. The van der Waals surface area contributed by atoms with E-state index >= 15 is 0 Å². The number of nitrogens with zero attached hydrogens (tertiary/aromatic N) is 1. The minimum atomic E-state index is 0.112. The zero-order valence-electron chi connectivity index (χ0n) is 12.6. The monoisotopic (exact) mass is 287 g/mol. The van der Waals surface area contributed by atoms with Gasteiger partial charge in [0.25, 0.3) is 0 Å². The maximum absolute atomic E-state index is 12.2. The third-order valence-corrected chi connectivity index (χ3v) is 4.52. The van der Waals surface area contributed by atoms with Crippen molar-refractivity contribution >= 4 is 17.3 Å². The Kier molecular flexibility index (Phi) is 4.76. The van der Waals surface area contributed by atoms with Crippen LogP contribution in [0.25, 0.3) is 0 Å². The van der Waals surface area contributed by atoms with Crippen LogP contribution in [0.2, 0.25) is 0 Å². The molecule has 1 amide bonds. The molecule has 2 aliphatic heterocycles. The Morgan fingerprint density at radius 3 is 2.52 bits per heavy atom. The summed E-state index contributed by atoms with van der Waals surface area (Å²) in [6, 6.07) is 8.30. The summed E-state index contributed by atoms with van der Waals surface area (Å²) in [6.45, 7) is 4.14. The minimum Gasteiger partial charge on any atom is -0.372 e. The summed E-state index contributed by atoms with van der Waals surface area (Å²) in [6.07, 6.45) is 6.00. The largest absolute Gasteiger partial charge is 0.372 e. The number of amides is 1. The Labute approximate surface area is 126 Å². The van der Waals surface area contributed by atoms with Crippen LogP contribution in [0.4, 0.5) is 11.4 Å². The molecule has 2 saturated heterocycles. The van der Waals surface area contributed by atoms with E-state index in [2.05, 4.69) is 27.7 Å². The van der Waals surface area contributed by atoms with Gasteiger partial charge in [0.1, 0.15) is 0 Å². The normalized spacial score (nSPS) is 22.9. The quantitative estimate of drug-likeness (QED) is 0.898. The first kappa shape index (κ1) is 14.4. The molecule has 1 atom stereocenters. The third kappa shape index (κ3) is 3.76. The number of carbonyl (C=O) groups excluding carboxylic acids is 1. The fourth-order valence-electron chi connectivity index (χ4n) is 3.23. The first-order chi connectivity index (χ1) is 10.3. The van der Waals surface area contributed by atoms with Gasteiger partial charge in [0, 0.05) is 31.0 Å². The van der Waals surface area contributed by atoms with E-state index in [4.69, 9.17) is 0 Å². The highest BCUT2D eigenvalue weighted by molar-refractivity contribution is 5.92. The highest BCUT2D eigenvalue weighted by Gasteiger charge is 2.20. The molecule has 0 unspecified atom stereocenters. The molecular formula is C17H25N3O. The van der Waals surface area contributed by atoms with Crippen LogP contribution >= 0.6 is 0 Å². The summed E-state index contributed by atoms with van der Waals surface area (Å²) in [4.78, 5) is 14.6. The van der Waals surface area contributed by atoms with E-state index in [0.29, 0.717) is 0 Å². The highest BCUT2D eigenvalue weighted by atomic mass is 16.1. The van der Waals surface area contributed by atoms with E-state index in [9.17, 15) is 4.79 Å². The number of benzene rings is 1. The topological polar surface area (TPSA) is 44.4 Å². The predicted molar refractivity (Wildman–Crippen MR) is 86.7 cm³/mol. The lowest BCUT2D eigenvalue weighted by atomic mass is 9.99. The second kappa shape index (κ2) is 6.94. The van der Waals surface area contributed by atoms with Crippen molar-refractivity contribution in [1.29, 1.82) is 0 Å². The number of anilines is 2. The van der Waals surface area contributed by atoms with Crippen LogP contribution in [-0.4, -0.2) is 32.1 Å². The molecule has 0 radical (unpaired) electrons. The molecule has 2 N–H and O–H groups in total. The van der Waals surface area contributed by atoms with Gasteiger partial charge in [0.2, 0.25) is 5.91 Å². The van der Waals surface area contributed by atoms with Crippen molar-refractivity contribution in [1.82, 2.24) is 5.32 Å². The average molecular weight is 287 g/mol. The van der Waals surface area contributed by atoms with E-state index in [1.807, 2.05) is 12.1 Å². The summed E-state index contributed by atoms with van der Waals surface area (Å²) < 4.78 is 0. The van der Waals surface area contributed by atoms with E-state index < -0.39 is 0 Å². The molecule has 2 heterocycles. The lowest BCUT2D eigenvalue weighted by Gasteiger charge is -2.29. The van der Waals surface area contributed by atoms with Gasteiger partial charge in [-0.2, -0.15) is 0 Å². The minimum absolute atomic E-state index is 0.112. The molecule has 3 rings (SSSR count). The summed E-state index contributed by atoms with van der Waals surface area (Å²) in [5.74, 6) is 0.258. The molecule has 4 heteroatoms. The molecule has 0 bridgehead atoms. The fourth-order valence-corrected chi connectivity index (χ4v) is 3.23. The first-order valence-corrected chi connectivity index (χ1v) is 8.19.